The molecule has 0 spiro atoms. The van der Waals surface area contributed by atoms with Gasteiger partial charge in [-0.3, -0.25) is 9.59 Å². The average Bonchev–Trinajstić information content (AvgIpc) is 3.10. The molecule has 2 aliphatic rings. The van der Waals surface area contributed by atoms with E-state index in [1.165, 1.54) is 6.07 Å². The number of aliphatic hydroxyl groups is 1. The Morgan fingerprint density at radius 1 is 1.40 bits per heavy atom. The van der Waals surface area contributed by atoms with Gasteiger partial charge in [0.05, 0.1) is 35.1 Å². The molecule has 4 heterocycles. The molecule has 1 N–H and O–H groups in total. The molecular weight excluding hydrogens is 407 g/mol. The number of ether oxygens (including phenoxy) is 1. The molecule has 5 rings (SSSR count). The second-order valence-electron chi connectivity index (χ2n) is 7.66. The molecule has 3 aromatic rings. The molecular formula is C22H19FN2O4S. The third kappa shape index (κ3) is 2.63. The number of halogens is 1. The SMILES string of the molecule is Cc1c(F)cc2nc3c(c4c2c1SCC4)Cn1c-3cc(C(C)O)c(COC=O)c1=O. The van der Waals surface area contributed by atoms with E-state index in [4.69, 9.17) is 9.72 Å². The third-order valence-electron chi connectivity index (χ3n) is 5.97. The van der Waals surface area contributed by atoms with Gasteiger partial charge < -0.3 is 14.4 Å². The first-order valence-corrected chi connectivity index (χ1v) is 10.7. The number of aryl methyl sites for hydroxylation is 1. The second kappa shape index (κ2) is 6.92. The molecule has 0 amide bonds. The van der Waals surface area contributed by atoms with Gasteiger partial charge >= 0.3 is 0 Å². The monoisotopic (exact) mass is 426 g/mol. The second-order valence-corrected chi connectivity index (χ2v) is 8.77. The summed E-state index contributed by atoms with van der Waals surface area (Å²) < 4.78 is 20.9. The van der Waals surface area contributed by atoms with Crippen molar-refractivity contribution in [1.29, 1.82) is 0 Å². The van der Waals surface area contributed by atoms with Crippen LogP contribution < -0.4 is 5.56 Å². The number of pyridine rings is 2. The van der Waals surface area contributed by atoms with Gasteiger partial charge in [0.15, 0.2) is 0 Å². The molecule has 1 aromatic carbocycles. The van der Waals surface area contributed by atoms with Crippen molar-refractivity contribution in [2.24, 2.45) is 0 Å². The van der Waals surface area contributed by atoms with Crippen LogP contribution in [0.25, 0.3) is 22.3 Å². The van der Waals surface area contributed by atoms with Crippen LogP contribution in [0, 0.1) is 12.7 Å². The van der Waals surface area contributed by atoms with Crippen molar-refractivity contribution in [3.8, 4) is 11.4 Å². The number of carbonyl (C=O) groups excluding carboxylic acids is 1. The van der Waals surface area contributed by atoms with Crippen LogP contribution in [0.15, 0.2) is 21.8 Å². The molecule has 0 saturated heterocycles. The van der Waals surface area contributed by atoms with Crippen LogP contribution >= 0.6 is 11.8 Å². The summed E-state index contributed by atoms with van der Waals surface area (Å²) >= 11 is 1.64. The fourth-order valence-corrected chi connectivity index (χ4v) is 5.72. The summed E-state index contributed by atoms with van der Waals surface area (Å²) in [5.41, 5.74) is 4.89. The molecule has 0 fully saturated rings. The number of fused-ring (bicyclic) bond motifs is 4. The van der Waals surface area contributed by atoms with E-state index in [0.717, 1.165) is 33.6 Å². The summed E-state index contributed by atoms with van der Waals surface area (Å²) in [7, 11) is 0. The van der Waals surface area contributed by atoms with E-state index >= 15 is 0 Å². The summed E-state index contributed by atoms with van der Waals surface area (Å²) in [6.45, 7) is 3.79. The lowest BCUT2D eigenvalue weighted by Crippen LogP contribution is -2.26. The van der Waals surface area contributed by atoms with Gasteiger partial charge in [-0.05, 0) is 43.0 Å². The predicted molar refractivity (Wildman–Crippen MR) is 111 cm³/mol. The summed E-state index contributed by atoms with van der Waals surface area (Å²) in [6, 6.07) is 3.20. The first-order chi connectivity index (χ1) is 14.4. The number of benzene rings is 1. The lowest BCUT2D eigenvalue weighted by Gasteiger charge is -2.21. The maximum atomic E-state index is 14.5. The maximum absolute atomic E-state index is 14.5. The molecule has 154 valence electrons. The van der Waals surface area contributed by atoms with E-state index in [2.05, 4.69) is 0 Å². The first-order valence-electron chi connectivity index (χ1n) is 9.70. The largest absolute Gasteiger partial charge is 0.463 e. The molecule has 0 bridgehead atoms. The number of nitrogens with zero attached hydrogens (tertiary/aromatic N) is 2. The standard InChI is InChI=1S/C22H19FN2O4S/c1-10-16(23)6-17-19-12(3-4-30-21(10)19)14-7-25-18(20(14)24-17)5-13(11(2)27)15(22(25)28)8-29-9-26/h5-6,9,11,27H,3-4,7-8H2,1-2H3. The van der Waals surface area contributed by atoms with Gasteiger partial charge in [0.1, 0.15) is 12.4 Å². The van der Waals surface area contributed by atoms with Crippen molar-refractivity contribution in [3.05, 3.63) is 56.1 Å². The van der Waals surface area contributed by atoms with Gasteiger partial charge in [-0.2, -0.15) is 0 Å². The molecule has 0 saturated carbocycles. The Morgan fingerprint density at radius 2 is 2.20 bits per heavy atom. The van der Waals surface area contributed by atoms with Crippen LogP contribution in [0.2, 0.25) is 0 Å². The van der Waals surface area contributed by atoms with Crippen LogP contribution in [0.5, 0.6) is 0 Å². The highest BCUT2D eigenvalue weighted by atomic mass is 32.2. The van der Waals surface area contributed by atoms with Crippen molar-refractivity contribution < 1.29 is 19.0 Å². The zero-order valence-electron chi connectivity index (χ0n) is 16.5. The maximum Gasteiger partial charge on any atom is 0.293 e. The highest BCUT2D eigenvalue weighted by molar-refractivity contribution is 7.99. The summed E-state index contributed by atoms with van der Waals surface area (Å²) in [5, 5.41) is 11.2. The molecule has 2 aliphatic heterocycles. The van der Waals surface area contributed by atoms with E-state index in [9.17, 15) is 19.1 Å². The molecule has 1 unspecified atom stereocenters. The quantitative estimate of drug-likeness (QED) is 0.505. The predicted octanol–water partition coefficient (Wildman–Crippen LogP) is 3.25. The number of hydrogen-bond acceptors (Lipinski definition) is 6. The van der Waals surface area contributed by atoms with Crippen LogP contribution in [0.1, 0.15) is 40.8 Å². The van der Waals surface area contributed by atoms with Crippen molar-refractivity contribution in [3.63, 3.8) is 0 Å². The van der Waals surface area contributed by atoms with Gasteiger partial charge in [-0.1, -0.05) is 0 Å². The van der Waals surface area contributed by atoms with E-state index in [1.807, 2.05) is 0 Å². The lowest BCUT2D eigenvalue weighted by molar-refractivity contribution is -0.129. The van der Waals surface area contributed by atoms with Gasteiger partial charge in [0.2, 0.25) is 0 Å². The lowest BCUT2D eigenvalue weighted by atomic mass is 9.96. The minimum absolute atomic E-state index is 0.202. The van der Waals surface area contributed by atoms with Crippen molar-refractivity contribution in [2.45, 2.75) is 44.4 Å². The number of aliphatic hydroxyl groups excluding tert-OH is 1. The minimum Gasteiger partial charge on any atom is -0.463 e. The highest BCUT2D eigenvalue weighted by Crippen LogP contribution is 2.44. The average molecular weight is 426 g/mol. The first kappa shape index (κ1) is 19.3. The zero-order valence-corrected chi connectivity index (χ0v) is 17.3. The van der Waals surface area contributed by atoms with Crippen molar-refractivity contribution in [1.82, 2.24) is 9.55 Å². The Morgan fingerprint density at radius 3 is 2.93 bits per heavy atom. The van der Waals surface area contributed by atoms with E-state index in [0.29, 0.717) is 34.6 Å². The molecule has 0 radical (unpaired) electrons. The summed E-state index contributed by atoms with van der Waals surface area (Å²) in [6.07, 6.45) is -0.100. The van der Waals surface area contributed by atoms with Gasteiger partial charge in [0, 0.05) is 27.7 Å². The van der Waals surface area contributed by atoms with Gasteiger partial charge in [0.25, 0.3) is 12.0 Å². The Balaban J connectivity index is 1.81. The Bertz CT molecular complexity index is 1300. The van der Waals surface area contributed by atoms with Crippen LogP contribution in [0.4, 0.5) is 4.39 Å². The number of rotatable bonds is 4. The fraction of sp³-hybridized carbons (Fsp3) is 0.318. The van der Waals surface area contributed by atoms with E-state index in [-0.39, 0.29) is 30.0 Å². The van der Waals surface area contributed by atoms with Crippen LogP contribution in [-0.4, -0.2) is 26.9 Å². The van der Waals surface area contributed by atoms with Crippen molar-refractivity contribution in [2.75, 3.05) is 5.75 Å². The van der Waals surface area contributed by atoms with Gasteiger partial charge in [-0.25, -0.2) is 9.37 Å². The third-order valence-corrected chi connectivity index (χ3v) is 7.17. The van der Waals surface area contributed by atoms with E-state index in [1.54, 1.807) is 36.2 Å². The minimum atomic E-state index is -0.917. The zero-order chi connectivity index (χ0) is 21.2. The Labute approximate surface area is 175 Å². The molecule has 6 nitrogen and oxygen atoms in total. The highest BCUT2D eigenvalue weighted by Gasteiger charge is 2.31. The molecule has 1 atom stereocenters. The van der Waals surface area contributed by atoms with Crippen LogP contribution in [0.3, 0.4) is 0 Å². The fourth-order valence-electron chi connectivity index (χ4n) is 4.52. The summed E-state index contributed by atoms with van der Waals surface area (Å²) in [4.78, 5) is 29.5. The van der Waals surface area contributed by atoms with Gasteiger partial charge in [-0.15, -0.1) is 11.8 Å². The Kier molecular flexibility index (Phi) is 4.44. The topological polar surface area (TPSA) is 81.4 Å². The molecule has 0 aliphatic carbocycles. The normalized spacial score (nSPS) is 15.1. The molecule has 30 heavy (non-hydrogen) atoms. The summed E-state index contributed by atoms with van der Waals surface area (Å²) in [5.74, 6) is 0.553. The van der Waals surface area contributed by atoms with Crippen molar-refractivity contribution >= 4 is 29.1 Å². The molecule has 8 heteroatoms. The molecule has 2 aromatic heterocycles. The van der Waals surface area contributed by atoms with E-state index < -0.39 is 6.10 Å². The Hall–Kier alpha value is -2.71. The number of thioether (sulfide) groups is 1. The number of hydrogen-bond donors (Lipinski definition) is 1. The number of aromatic nitrogens is 2. The number of carbonyl (C=O) groups is 1. The smallest absolute Gasteiger partial charge is 0.293 e. The van der Waals surface area contributed by atoms with Crippen LogP contribution in [-0.2, 0) is 29.1 Å².